The number of amides is 2. The molecule has 0 bridgehead atoms. The lowest BCUT2D eigenvalue weighted by Gasteiger charge is -2.32. The highest BCUT2D eigenvalue weighted by Gasteiger charge is 2.32. The SMILES string of the molecule is CCNC(=O)C(C)N(Cc1cccc(OC)c1)C(=O)CN(c1ccc(C(C)C)cc1)S(=O)(=O)c1ccc(C)cc1. The van der Waals surface area contributed by atoms with E-state index in [1.54, 1.807) is 63.4 Å². The molecule has 0 fully saturated rings. The average molecular weight is 566 g/mol. The summed E-state index contributed by atoms with van der Waals surface area (Å²) in [5, 5.41) is 2.76. The first-order chi connectivity index (χ1) is 19.0. The van der Waals surface area contributed by atoms with Gasteiger partial charge in [0.1, 0.15) is 18.3 Å². The number of methoxy groups -OCH3 is 1. The van der Waals surface area contributed by atoms with Crippen molar-refractivity contribution >= 4 is 27.5 Å². The fourth-order valence-corrected chi connectivity index (χ4v) is 5.68. The maximum absolute atomic E-state index is 14.0. The Balaban J connectivity index is 2.05. The number of ether oxygens (including phenoxy) is 1. The summed E-state index contributed by atoms with van der Waals surface area (Å²) < 4.78 is 34.3. The van der Waals surface area contributed by atoms with Crippen LogP contribution in [0.4, 0.5) is 5.69 Å². The zero-order chi connectivity index (χ0) is 29.4. The number of hydrogen-bond donors (Lipinski definition) is 1. The van der Waals surface area contributed by atoms with Crippen molar-refractivity contribution in [3.05, 3.63) is 89.5 Å². The Kier molecular flexibility index (Phi) is 10.3. The molecule has 0 heterocycles. The summed E-state index contributed by atoms with van der Waals surface area (Å²) in [4.78, 5) is 28.3. The maximum Gasteiger partial charge on any atom is 0.264 e. The predicted octanol–water partition coefficient (Wildman–Crippen LogP) is 4.88. The molecule has 1 unspecified atom stereocenters. The summed E-state index contributed by atoms with van der Waals surface area (Å²) in [6, 6.07) is 20.1. The highest BCUT2D eigenvalue weighted by Crippen LogP contribution is 2.27. The minimum atomic E-state index is -4.11. The number of likely N-dealkylation sites (N-methyl/N-ethyl adjacent to an activating group) is 1. The van der Waals surface area contributed by atoms with Crippen LogP contribution >= 0.6 is 0 Å². The Morgan fingerprint density at radius 1 is 0.950 bits per heavy atom. The number of rotatable bonds is 12. The first-order valence-electron chi connectivity index (χ1n) is 13.4. The van der Waals surface area contributed by atoms with Crippen molar-refractivity contribution in [1.82, 2.24) is 10.2 Å². The summed E-state index contributed by atoms with van der Waals surface area (Å²) in [6.07, 6.45) is 0. The number of aryl methyl sites for hydroxylation is 1. The number of carbonyl (C=O) groups excluding carboxylic acids is 2. The Labute approximate surface area is 238 Å². The quantitative estimate of drug-likeness (QED) is 0.338. The molecule has 2 amide bonds. The van der Waals surface area contributed by atoms with Crippen LogP contribution in [0.3, 0.4) is 0 Å². The van der Waals surface area contributed by atoms with Crippen molar-refractivity contribution in [2.45, 2.75) is 58.0 Å². The fourth-order valence-electron chi connectivity index (χ4n) is 4.26. The van der Waals surface area contributed by atoms with Gasteiger partial charge < -0.3 is 15.0 Å². The number of nitrogens with zero attached hydrogens (tertiary/aromatic N) is 2. The summed E-state index contributed by atoms with van der Waals surface area (Å²) in [6.45, 7) is 9.44. The smallest absolute Gasteiger partial charge is 0.264 e. The van der Waals surface area contributed by atoms with Crippen LogP contribution in [0.1, 0.15) is 50.3 Å². The number of nitrogens with one attached hydrogen (secondary N) is 1. The van der Waals surface area contributed by atoms with Gasteiger partial charge in [-0.25, -0.2) is 8.42 Å². The third-order valence-electron chi connectivity index (χ3n) is 6.74. The minimum absolute atomic E-state index is 0.0787. The van der Waals surface area contributed by atoms with Gasteiger partial charge in [0, 0.05) is 13.1 Å². The van der Waals surface area contributed by atoms with E-state index >= 15 is 0 Å². The number of carbonyl (C=O) groups is 2. The largest absolute Gasteiger partial charge is 0.497 e. The second-order valence-electron chi connectivity index (χ2n) is 10.0. The Bertz CT molecular complexity index is 1400. The van der Waals surface area contributed by atoms with E-state index in [-0.39, 0.29) is 23.3 Å². The predicted molar refractivity (Wildman–Crippen MR) is 158 cm³/mol. The van der Waals surface area contributed by atoms with Gasteiger partial charge in [-0.05, 0) is 74.2 Å². The van der Waals surface area contributed by atoms with Gasteiger partial charge in [0.2, 0.25) is 11.8 Å². The molecule has 1 N–H and O–H groups in total. The van der Waals surface area contributed by atoms with Gasteiger partial charge >= 0.3 is 0 Å². The standard InChI is InChI=1S/C31H39N3O5S/c1-7-32-31(36)24(5)33(20-25-9-8-10-28(19-25)39-6)30(35)21-34(27-15-13-26(14-16-27)22(2)3)40(37,38)29-17-11-23(4)12-18-29/h8-19,22,24H,7,20-21H2,1-6H3,(H,32,36). The molecule has 0 aliphatic heterocycles. The fraction of sp³-hybridized carbons (Fsp3) is 0.355. The molecule has 1 atom stereocenters. The molecule has 9 heteroatoms. The normalized spacial score (nSPS) is 12.1. The molecular formula is C31H39N3O5S. The molecule has 0 aromatic heterocycles. The van der Waals surface area contributed by atoms with E-state index in [1.165, 1.54) is 17.0 Å². The van der Waals surface area contributed by atoms with E-state index in [9.17, 15) is 18.0 Å². The first-order valence-corrected chi connectivity index (χ1v) is 14.8. The Morgan fingerprint density at radius 3 is 2.17 bits per heavy atom. The number of hydrogen-bond acceptors (Lipinski definition) is 5. The van der Waals surface area contributed by atoms with Gasteiger partial charge in [-0.1, -0.05) is 55.8 Å². The molecule has 0 saturated carbocycles. The topological polar surface area (TPSA) is 96.0 Å². The second kappa shape index (κ2) is 13.5. The maximum atomic E-state index is 14.0. The van der Waals surface area contributed by atoms with Gasteiger partial charge in [0.25, 0.3) is 10.0 Å². The summed E-state index contributed by atoms with van der Waals surface area (Å²) in [7, 11) is -2.55. The molecule has 0 spiro atoms. The summed E-state index contributed by atoms with van der Waals surface area (Å²) in [5.41, 5.74) is 3.08. The Hall–Kier alpha value is -3.85. The van der Waals surface area contributed by atoms with Crippen molar-refractivity contribution in [3.8, 4) is 5.75 Å². The molecule has 214 valence electrons. The Morgan fingerprint density at radius 2 is 1.60 bits per heavy atom. The first kappa shape index (κ1) is 30.7. The van der Waals surface area contributed by atoms with E-state index in [0.29, 0.717) is 18.0 Å². The summed E-state index contributed by atoms with van der Waals surface area (Å²) >= 11 is 0. The van der Waals surface area contributed by atoms with Crippen molar-refractivity contribution < 1.29 is 22.7 Å². The van der Waals surface area contributed by atoms with Crippen molar-refractivity contribution in [3.63, 3.8) is 0 Å². The molecule has 3 rings (SSSR count). The van der Waals surface area contributed by atoms with Crippen molar-refractivity contribution in [2.24, 2.45) is 0 Å². The molecule has 3 aromatic rings. The van der Waals surface area contributed by atoms with Crippen LogP contribution in [0.5, 0.6) is 5.75 Å². The van der Waals surface area contributed by atoms with Crippen molar-refractivity contribution in [1.29, 1.82) is 0 Å². The molecule has 0 radical (unpaired) electrons. The van der Waals surface area contributed by atoms with Gasteiger partial charge in [0.05, 0.1) is 17.7 Å². The average Bonchev–Trinajstić information content (AvgIpc) is 2.94. The van der Waals surface area contributed by atoms with E-state index in [2.05, 4.69) is 19.2 Å². The minimum Gasteiger partial charge on any atom is -0.497 e. The third kappa shape index (κ3) is 7.41. The lowest BCUT2D eigenvalue weighted by Crippen LogP contribution is -2.51. The highest BCUT2D eigenvalue weighted by molar-refractivity contribution is 7.92. The van der Waals surface area contributed by atoms with Crippen LogP contribution < -0.4 is 14.4 Å². The molecule has 0 saturated heterocycles. The molecule has 8 nitrogen and oxygen atoms in total. The second-order valence-corrected chi connectivity index (χ2v) is 11.9. The lowest BCUT2D eigenvalue weighted by atomic mass is 10.0. The molecule has 40 heavy (non-hydrogen) atoms. The van der Waals surface area contributed by atoms with Crippen LogP contribution in [-0.4, -0.2) is 51.4 Å². The number of anilines is 1. The van der Waals surface area contributed by atoms with E-state index in [0.717, 1.165) is 21.0 Å². The highest BCUT2D eigenvalue weighted by atomic mass is 32.2. The van der Waals surface area contributed by atoms with Gasteiger partial charge in [-0.2, -0.15) is 0 Å². The van der Waals surface area contributed by atoms with E-state index < -0.39 is 28.5 Å². The third-order valence-corrected chi connectivity index (χ3v) is 8.53. The van der Waals surface area contributed by atoms with Crippen LogP contribution in [-0.2, 0) is 26.2 Å². The lowest BCUT2D eigenvalue weighted by molar-refractivity contribution is -0.139. The molecular weight excluding hydrogens is 526 g/mol. The van der Waals surface area contributed by atoms with Crippen molar-refractivity contribution in [2.75, 3.05) is 24.5 Å². The molecule has 0 aliphatic carbocycles. The number of sulfonamides is 1. The zero-order valence-electron chi connectivity index (χ0n) is 24.0. The number of benzene rings is 3. The van der Waals surface area contributed by atoms with Gasteiger partial charge in [0.15, 0.2) is 0 Å². The van der Waals surface area contributed by atoms with E-state index in [1.807, 2.05) is 25.1 Å². The van der Waals surface area contributed by atoms with Crippen LogP contribution in [0, 0.1) is 6.92 Å². The van der Waals surface area contributed by atoms with E-state index in [4.69, 9.17) is 4.74 Å². The van der Waals surface area contributed by atoms with Gasteiger partial charge in [-0.15, -0.1) is 0 Å². The summed E-state index contributed by atoms with van der Waals surface area (Å²) in [5.74, 6) is 0.0386. The monoisotopic (exact) mass is 565 g/mol. The van der Waals surface area contributed by atoms with Crippen LogP contribution in [0.2, 0.25) is 0 Å². The van der Waals surface area contributed by atoms with Crippen LogP contribution in [0.25, 0.3) is 0 Å². The van der Waals surface area contributed by atoms with Crippen LogP contribution in [0.15, 0.2) is 77.7 Å². The molecule has 3 aromatic carbocycles. The molecule has 0 aliphatic rings. The van der Waals surface area contributed by atoms with Gasteiger partial charge in [-0.3, -0.25) is 13.9 Å². The zero-order valence-corrected chi connectivity index (χ0v) is 24.9.